The number of aromatic amines is 1. The van der Waals surface area contributed by atoms with Crippen molar-refractivity contribution < 1.29 is 123 Å². The normalized spacial score (nSPS) is 17.8. The quantitative estimate of drug-likeness (QED) is 0.0146. The van der Waals surface area contributed by atoms with E-state index < -0.39 is 202 Å². The molecular formula is C78H126N14O25. The Kier molecular flexibility index (Phi) is 40.4. The summed E-state index contributed by atoms with van der Waals surface area (Å²) in [6, 6.07) is 8.15. The van der Waals surface area contributed by atoms with E-state index in [-0.39, 0.29) is 110 Å². The number of carbonyl (C=O) groups excluding carboxylic acids is 11. The molecule has 3 heterocycles. The smallest absolute Gasteiger partial charge is 0.320 e. The van der Waals surface area contributed by atoms with Crippen LogP contribution in [-0.2, 0) is 80.0 Å². The lowest BCUT2D eigenvalue weighted by Gasteiger charge is -2.34. The Morgan fingerprint density at radius 2 is 1.01 bits per heavy atom. The molecule has 3 aromatic rings. The van der Waals surface area contributed by atoms with Crippen LogP contribution in [0.2, 0.25) is 0 Å². The van der Waals surface area contributed by atoms with Crippen molar-refractivity contribution in [3.05, 3.63) is 59.4 Å². The van der Waals surface area contributed by atoms with Crippen LogP contribution in [0.25, 0.3) is 11.0 Å². The van der Waals surface area contributed by atoms with Crippen LogP contribution < -0.4 is 31.9 Å². The van der Waals surface area contributed by atoms with Gasteiger partial charge < -0.3 is 117 Å². The first-order valence-corrected chi connectivity index (χ1v) is 39.5. The van der Waals surface area contributed by atoms with E-state index in [0.717, 1.165) is 11.0 Å². The second-order valence-corrected chi connectivity index (χ2v) is 32.5. The number of hydrogen-bond acceptors (Lipinski definition) is 31. The number of aliphatic hydroxyl groups is 10. The van der Waals surface area contributed by atoms with E-state index in [1.54, 1.807) is 107 Å². The minimum absolute atomic E-state index is 0.0202. The SMILES string of the molecule is COC(=O)C[C@@H]1Nc2ccc(C(=O)N(C)Cc3nc4ccccc4[nH]3)cc2CN(CCCCCCNC(=O)[C@H](CCC(=O)NC[C@@H](O)[C@H](O)[C@@H](O)[C@H](O)CO)NC(=O)[C@H](CCC(=O)NC[C@@H](O)[C@@H](O)[C@H](O)[C@@H](O)CO)NC(=O)CN2CCN(CC(=O)OC(C)(C)C)CCN(CC(=O)OC(C)(C)C)CCN(CC(=O)OC(C)(C)C)CC2)C1=O. The number of carbonyl (C=O) groups is 11. The van der Waals surface area contributed by atoms with Gasteiger partial charge in [0.2, 0.25) is 35.4 Å². The number of rotatable bonds is 42. The number of para-hydroxylation sites is 2. The number of nitrogens with one attached hydrogen (secondary N) is 7. The highest BCUT2D eigenvalue weighted by Crippen LogP contribution is 2.28. The Labute approximate surface area is 681 Å². The highest BCUT2D eigenvalue weighted by atomic mass is 16.6. The number of imidazole rings is 1. The summed E-state index contributed by atoms with van der Waals surface area (Å²) in [5.74, 6) is -6.86. The molecule has 11 atom stereocenters. The molecule has 1 aromatic heterocycles. The zero-order chi connectivity index (χ0) is 87.1. The molecule has 7 amide bonds. The highest BCUT2D eigenvalue weighted by Gasteiger charge is 2.37. The third kappa shape index (κ3) is 35.8. The molecule has 39 nitrogen and oxygen atoms in total. The topological polar surface area (TPSA) is 547 Å². The van der Waals surface area contributed by atoms with Gasteiger partial charge in [-0.25, -0.2) is 4.98 Å². The van der Waals surface area contributed by atoms with Crippen molar-refractivity contribution in [3.8, 4) is 0 Å². The number of hydrogen-bond donors (Lipinski definition) is 17. The third-order valence-corrected chi connectivity index (χ3v) is 19.0. The van der Waals surface area contributed by atoms with Gasteiger partial charge in [0.25, 0.3) is 5.91 Å². The van der Waals surface area contributed by atoms with E-state index in [4.69, 9.17) is 18.9 Å². The Morgan fingerprint density at radius 3 is 1.47 bits per heavy atom. The van der Waals surface area contributed by atoms with Crippen LogP contribution in [0.3, 0.4) is 0 Å². The number of amides is 7. The molecule has 2 aromatic carbocycles. The van der Waals surface area contributed by atoms with Crippen molar-refractivity contribution in [1.82, 2.24) is 66.0 Å². The van der Waals surface area contributed by atoms with Crippen molar-refractivity contribution in [2.75, 3.05) is 137 Å². The zero-order valence-electron chi connectivity index (χ0n) is 69.1. The van der Waals surface area contributed by atoms with E-state index >= 15 is 0 Å². The number of benzene rings is 2. The maximum atomic E-state index is 14.9. The van der Waals surface area contributed by atoms with Gasteiger partial charge in [-0.05, 0) is 124 Å². The van der Waals surface area contributed by atoms with Crippen molar-refractivity contribution in [1.29, 1.82) is 0 Å². The van der Waals surface area contributed by atoms with E-state index in [0.29, 0.717) is 48.3 Å². The van der Waals surface area contributed by atoms with Gasteiger partial charge in [0.15, 0.2) is 0 Å². The number of fused-ring (bicyclic) bond motifs is 2. The van der Waals surface area contributed by atoms with Crippen LogP contribution in [0.1, 0.15) is 142 Å². The van der Waals surface area contributed by atoms with Crippen LogP contribution >= 0.6 is 0 Å². The average molecular weight is 1660 g/mol. The number of ether oxygens (including phenoxy) is 4. The maximum absolute atomic E-state index is 14.9. The molecule has 658 valence electrons. The van der Waals surface area contributed by atoms with Gasteiger partial charge in [-0.1, -0.05) is 25.0 Å². The molecule has 0 aliphatic carbocycles. The first kappa shape index (κ1) is 98.9. The van der Waals surface area contributed by atoms with Gasteiger partial charge in [0, 0.05) is 116 Å². The Hall–Kier alpha value is -8.68. The summed E-state index contributed by atoms with van der Waals surface area (Å²) in [4.78, 5) is 170. The molecule has 0 spiro atoms. The van der Waals surface area contributed by atoms with Gasteiger partial charge >= 0.3 is 23.9 Å². The van der Waals surface area contributed by atoms with E-state index in [9.17, 15) is 104 Å². The first-order valence-electron chi connectivity index (χ1n) is 39.5. The van der Waals surface area contributed by atoms with Crippen molar-refractivity contribution in [3.63, 3.8) is 0 Å². The molecule has 2 aliphatic rings. The molecule has 2 aliphatic heterocycles. The summed E-state index contributed by atoms with van der Waals surface area (Å²) in [6.07, 6.45) is -16.5. The molecule has 0 bridgehead atoms. The van der Waals surface area contributed by atoms with Crippen LogP contribution in [0.5, 0.6) is 0 Å². The van der Waals surface area contributed by atoms with E-state index in [1.165, 1.54) is 12.0 Å². The number of anilines is 1. The standard InChI is InChI=1S/C78H126N14O25/c1-76(2,3)115-65(103)43-89-30-28-88(29-31-90(44-66(104)116-77(4,5)6)33-35-91(34-32-89)45-67(105)117-78(7,8)9)42-63(101)85-54(23-25-62(100)81-39-57(96)69(107)71(109)59(98)47-94)73(111)86-53(22-24-61(99)80-38-56(95)68(106)70(108)58(97)46-93)72(110)79-26-16-12-13-17-27-92-40-49-36-48(20-21-50(49)82-55(75(92)113)37-64(102)114-11)74(112)87(10)41-60-83-51-18-14-15-19-52(51)84-60/h14-15,18-21,36,53-59,68-71,82,93-98,106-109H,12-13,16-17,22-35,37-47H2,1-11H3,(H,79,110)(H,80,99)(H,81,100)(H,83,84)(H,85,101)(H,86,111)/t53-,54-,55-,56+,57+,58+,59-,68-,69+,70-,71+/m0/s1. The molecule has 1 fully saturated rings. The summed E-state index contributed by atoms with van der Waals surface area (Å²) in [5.41, 5.74) is 0.517. The van der Waals surface area contributed by atoms with Crippen LogP contribution in [-0.4, -0.2) is 372 Å². The first-order chi connectivity index (χ1) is 54.9. The molecule has 39 heteroatoms. The number of unbranched alkanes of at least 4 members (excludes halogenated alkanes) is 3. The largest absolute Gasteiger partial charge is 0.469 e. The maximum Gasteiger partial charge on any atom is 0.320 e. The summed E-state index contributed by atoms with van der Waals surface area (Å²) in [7, 11) is 2.85. The van der Waals surface area contributed by atoms with Crippen LogP contribution in [0.4, 0.5) is 5.69 Å². The fourth-order valence-corrected chi connectivity index (χ4v) is 12.7. The molecule has 0 saturated carbocycles. The molecule has 5 rings (SSSR count). The lowest BCUT2D eigenvalue weighted by molar-refractivity contribution is -0.158. The summed E-state index contributed by atoms with van der Waals surface area (Å²) in [5, 5.41) is 117. The Bertz CT molecular complexity index is 3640. The highest BCUT2D eigenvalue weighted by molar-refractivity contribution is 5.96. The van der Waals surface area contributed by atoms with Crippen LogP contribution in [0.15, 0.2) is 42.5 Å². The minimum atomic E-state index is -2.07. The minimum Gasteiger partial charge on any atom is -0.469 e. The number of aromatic nitrogens is 2. The second kappa shape index (κ2) is 47.8. The van der Waals surface area contributed by atoms with Crippen LogP contribution in [0, 0.1) is 0 Å². The third-order valence-electron chi connectivity index (χ3n) is 19.0. The fourth-order valence-electron chi connectivity index (χ4n) is 12.7. The van der Waals surface area contributed by atoms with Gasteiger partial charge in [0.1, 0.15) is 77.4 Å². The van der Waals surface area contributed by atoms with Gasteiger partial charge in [-0.15, -0.1) is 0 Å². The fraction of sp³-hybridized carbons (Fsp3) is 0.692. The second-order valence-electron chi connectivity index (χ2n) is 32.5. The Morgan fingerprint density at radius 1 is 0.556 bits per heavy atom. The summed E-state index contributed by atoms with van der Waals surface area (Å²) in [6.45, 7) is 12.7. The molecule has 117 heavy (non-hydrogen) atoms. The number of methoxy groups -OCH3 is 1. The molecule has 1 saturated heterocycles. The van der Waals surface area contributed by atoms with E-state index in [2.05, 4.69) is 41.9 Å². The predicted octanol–water partition coefficient (Wildman–Crippen LogP) is -3.92. The molecule has 17 N–H and O–H groups in total. The lowest BCUT2D eigenvalue weighted by Crippen LogP contribution is -2.56. The van der Waals surface area contributed by atoms with Crippen molar-refractivity contribution in [2.24, 2.45) is 0 Å². The predicted molar refractivity (Wildman–Crippen MR) is 423 cm³/mol. The summed E-state index contributed by atoms with van der Waals surface area (Å²) < 4.78 is 22.0. The van der Waals surface area contributed by atoms with Gasteiger partial charge in [0.05, 0.1) is 82.7 Å². The monoisotopic (exact) mass is 1660 g/mol. The molecular weight excluding hydrogens is 1530 g/mol. The van der Waals surface area contributed by atoms with Gasteiger partial charge in [-0.3, -0.25) is 72.3 Å². The summed E-state index contributed by atoms with van der Waals surface area (Å²) >= 11 is 0. The molecule has 0 unspecified atom stereocenters. The number of aliphatic hydroxyl groups excluding tert-OH is 10. The Balaban J connectivity index is 1.39. The van der Waals surface area contributed by atoms with Crippen molar-refractivity contribution >= 4 is 81.9 Å². The zero-order valence-corrected chi connectivity index (χ0v) is 69.1. The number of H-pyrrole nitrogens is 1. The average Bonchev–Trinajstić information content (AvgIpc) is 1.70. The lowest BCUT2D eigenvalue weighted by atomic mass is 10.0. The number of nitrogens with zero attached hydrogens (tertiary/aromatic N) is 7. The van der Waals surface area contributed by atoms with Gasteiger partial charge in [-0.2, -0.15) is 0 Å². The number of esters is 4. The van der Waals surface area contributed by atoms with Crippen molar-refractivity contribution in [2.45, 2.75) is 217 Å². The molecule has 0 radical (unpaired) electrons. The van der Waals surface area contributed by atoms with E-state index in [1.807, 2.05) is 29.2 Å².